The van der Waals surface area contributed by atoms with Gasteiger partial charge in [0, 0.05) is 23.5 Å². The summed E-state index contributed by atoms with van der Waals surface area (Å²) < 4.78 is 7.30. The van der Waals surface area contributed by atoms with Crippen LogP contribution in [0, 0.1) is 6.92 Å². The number of aryl methyl sites for hydroxylation is 2. The van der Waals surface area contributed by atoms with Crippen molar-refractivity contribution >= 4 is 22.5 Å². The molecule has 5 aromatic rings. The fraction of sp³-hybridized carbons (Fsp3) is 0.143. The number of ether oxygens (including phenoxy) is 1. The number of aromatic nitrogens is 3. The number of pyridine rings is 1. The summed E-state index contributed by atoms with van der Waals surface area (Å²) in [4.78, 5) is 8.91. The number of fused-ring (bicyclic) bond motifs is 1. The van der Waals surface area contributed by atoms with Crippen LogP contribution in [-0.4, -0.2) is 26.8 Å². The molecular weight excluding hydrogens is 446 g/mol. The van der Waals surface area contributed by atoms with Crippen LogP contribution in [0.5, 0.6) is 5.88 Å². The Hall–Kier alpha value is -3.67. The summed E-state index contributed by atoms with van der Waals surface area (Å²) in [5.74, 6) is 0.510. The molecule has 2 aromatic heterocycles. The Balaban J connectivity index is 1.80. The first-order chi connectivity index (χ1) is 16.4. The summed E-state index contributed by atoms with van der Waals surface area (Å²) in [6.07, 6.45) is 3.40. The van der Waals surface area contributed by atoms with Crippen LogP contribution in [0.2, 0.25) is 5.02 Å². The maximum absolute atomic E-state index is 12.3. The van der Waals surface area contributed by atoms with Crippen LogP contribution in [-0.2, 0) is 12.6 Å². The van der Waals surface area contributed by atoms with Crippen molar-refractivity contribution in [3.8, 4) is 17.0 Å². The predicted molar refractivity (Wildman–Crippen MR) is 135 cm³/mol. The van der Waals surface area contributed by atoms with Crippen molar-refractivity contribution in [2.24, 2.45) is 7.05 Å². The van der Waals surface area contributed by atoms with Crippen LogP contribution in [0.15, 0.2) is 85.3 Å². The summed E-state index contributed by atoms with van der Waals surface area (Å²) in [6, 6.07) is 23.3. The minimum atomic E-state index is -1.42. The molecule has 1 N–H and O–H groups in total. The van der Waals surface area contributed by atoms with Gasteiger partial charge < -0.3 is 14.4 Å². The van der Waals surface area contributed by atoms with Crippen LogP contribution in [0.25, 0.3) is 22.0 Å². The number of methoxy groups -OCH3 is 1. The van der Waals surface area contributed by atoms with E-state index in [1.807, 2.05) is 91.3 Å². The quantitative estimate of drug-likeness (QED) is 0.348. The van der Waals surface area contributed by atoms with E-state index >= 15 is 0 Å². The Morgan fingerprint density at radius 2 is 1.74 bits per heavy atom. The van der Waals surface area contributed by atoms with Gasteiger partial charge in [-0.05, 0) is 53.4 Å². The lowest BCUT2D eigenvalue weighted by atomic mass is 9.82. The topological polar surface area (TPSA) is 60.2 Å². The minimum Gasteiger partial charge on any atom is -0.481 e. The van der Waals surface area contributed by atoms with Crippen molar-refractivity contribution in [3.63, 3.8) is 0 Å². The lowest BCUT2D eigenvalue weighted by Gasteiger charge is -2.30. The van der Waals surface area contributed by atoms with Gasteiger partial charge in [-0.1, -0.05) is 59.6 Å². The van der Waals surface area contributed by atoms with E-state index in [-0.39, 0.29) is 0 Å². The Morgan fingerprint density at radius 1 is 0.971 bits per heavy atom. The number of hydrogen-bond acceptors (Lipinski definition) is 4. The van der Waals surface area contributed by atoms with Gasteiger partial charge in [-0.15, -0.1) is 0 Å². The van der Waals surface area contributed by atoms with Crippen molar-refractivity contribution in [3.05, 3.63) is 113 Å². The van der Waals surface area contributed by atoms with E-state index < -0.39 is 5.60 Å². The Bertz CT molecular complexity index is 1490. The van der Waals surface area contributed by atoms with E-state index in [2.05, 4.69) is 9.97 Å². The van der Waals surface area contributed by atoms with E-state index in [0.717, 1.165) is 33.2 Å². The van der Waals surface area contributed by atoms with E-state index in [1.165, 1.54) is 0 Å². The van der Waals surface area contributed by atoms with Gasteiger partial charge in [-0.2, -0.15) is 0 Å². The third kappa shape index (κ3) is 3.73. The number of benzene rings is 3. The lowest BCUT2D eigenvalue weighted by molar-refractivity contribution is 0.117. The molecule has 0 fully saturated rings. The van der Waals surface area contributed by atoms with E-state index in [0.29, 0.717) is 22.2 Å². The number of imidazole rings is 1. The number of rotatable bonds is 5. The van der Waals surface area contributed by atoms with E-state index in [9.17, 15) is 5.11 Å². The second-order valence-corrected chi connectivity index (χ2v) is 8.86. The highest BCUT2D eigenvalue weighted by Gasteiger charge is 2.36. The zero-order valence-corrected chi connectivity index (χ0v) is 19.9. The molecule has 5 rings (SSSR count). The van der Waals surface area contributed by atoms with Crippen molar-refractivity contribution in [1.82, 2.24) is 14.5 Å². The Kier molecular flexibility index (Phi) is 5.60. The summed E-state index contributed by atoms with van der Waals surface area (Å²) >= 11 is 6.30. The molecule has 3 aromatic carbocycles. The molecule has 5 nitrogen and oxygen atoms in total. The van der Waals surface area contributed by atoms with Crippen LogP contribution in [0.4, 0.5) is 0 Å². The van der Waals surface area contributed by atoms with E-state index in [4.69, 9.17) is 16.3 Å². The maximum Gasteiger partial charge on any atom is 0.214 e. The molecule has 1 unspecified atom stereocenters. The van der Waals surface area contributed by atoms with Crippen molar-refractivity contribution < 1.29 is 9.84 Å². The molecule has 34 heavy (non-hydrogen) atoms. The molecule has 0 bridgehead atoms. The first-order valence-electron chi connectivity index (χ1n) is 10.9. The van der Waals surface area contributed by atoms with Gasteiger partial charge in [0.1, 0.15) is 0 Å². The zero-order valence-electron chi connectivity index (χ0n) is 19.2. The molecule has 0 saturated heterocycles. The van der Waals surface area contributed by atoms with Crippen LogP contribution in [0.1, 0.15) is 22.4 Å². The van der Waals surface area contributed by atoms with Gasteiger partial charge in [-0.25, -0.2) is 9.97 Å². The second-order valence-electron chi connectivity index (χ2n) is 8.42. The molecule has 0 aliphatic carbocycles. The highest BCUT2D eigenvalue weighted by atomic mass is 35.5. The van der Waals surface area contributed by atoms with Crippen LogP contribution in [0.3, 0.4) is 0 Å². The molecule has 0 spiro atoms. The molecule has 0 amide bonds. The molecule has 6 heteroatoms. The average Bonchev–Trinajstić information content (AvgIpc) is 3.29. The average molecular weight is 470 g/mol. The highest BCUT2D eigenvalue weighted by Crippen LogP contribution is 2.40. The smallest absolute Gasteiger partial charge is 0.214 e. The van der Waals surface area contributed by atoms with Gasteiger partial charge in [0.2, 0.25) is 5.88 Å². The lowest BCUT2D eigenvalue weighted by Crippen LogP contribution is -2.31. The molecule has 0 saturated carbocycles. The third-order valence-electron chi connectivity index (χ3n) is 6.20. The van der Waals surface area contributed by atoms with Gasteiger partial charge in [-0.3, -0.25) is 0 Å². The Labute approximate surface area is 203 Å². The van der Waals surface area contributed by atoms with Crippen molar-refractivity contribution in [2.75, 3.05) is 7.11 Å². The largest absolute Gasteiger partial charge is 0.481 e. The zero-order chi connectivity index (χ0) is 23.9. The maximum atomic E-state index is 12.3. The molecule has 1 atom stereocenters. The van der Waals surface area contributed by atoms with Crippen LogP contribution < -0.4 is 4.74 Å². The minimum absolute atomic E-state index is 0.510. The SMILES string of the molecule is COc1cc(-c2cccc(Cl)c2)c2cc(C(O)(c3ccc(C)cc3)c3cncn3C)ccc2n1. The predicted octanol–water partition coefficient (Wildman–Crippen LogP) is 5.89. The second kappa shape index (κ2) is 8.60. The number of nitrogens with zero attached hydrogens (tertiary/aromatic N) is 3. The summed E-state index contributed by atoms with van der Waals surface area (Å²) in [5.41, 5.74) is 4.45. The van der Waals surface area contributed by atoms with Crippen LogP contribution >= 0.6 is 11.6 Å². The van der Waals surface area contributed by atoms with Gasteiger partial charge in [0.15, 0.2) is 5.60 Å². The summed E-state index contributed by atoms with van der Waals surface area (Å²) in [5, 5.41) is 13.8. The molecule has 0 aliphatic rings. The van der Waals surface area contributed by atoms with Crippen molar-refractivity contribution in [1.29, 1.82) is 0 Å². The molecule has 0 radical (unpaired) electrons. The fourth-order valence-electron chi connectivity index (χ4n) is 4.39. The fourth-order valence-corrected chi connectivity index (χ4v) is 4.58. The third-order valence-corrected chi connectivity index (χ3v) is 6.44. The standard InChI is InChI=1S/C28H24ClN3O2/c1-18-7-9-20(10-8-18)28(33,26-16-30-17-32(26)2)21-11-12-25-24(14-21)23(15-27(31-25)34-3)19-5-4-6-22(29)13-19/h4-17,33H,1-3H3. The number of aliphatic hydroxyl groups is 1. The van der Waals surface area contributed by atoms with Gasteiger partial charge in [0.25, 0.3) is 0 Å². The van der Waals surface area contributed by atoms with Gasteiger partial charge in [0.05, 0.1) is 30.8 Å². The van der Waals surface area contributed by atoms with E-state index in [1.54, 1.807) is 19.6 Å². The summed E-state index contributed by atoms with van der Waals surface area (Å²) in [6.45, 7) is 2.03. The molecule has 2 heterocycles. The number of halogens is 1. The number of hydrogen-bond donors (Lipinski definition) is 1. The first-order valence-corrected chi connectivity index (χ1v) is 11.3. The molecular formula is C28H24ClN3O2. The normalized spacial score (nSPS) is 13.1. The Morgan fingerprint density at radius 3 is 2.41 bits per heavy atom. The summed E-state index contributed by atoms with van der Waals surface area (Å²) in [7, 11) is 3.48. The highest BCUT2D eigenvalue weighted by molar-refractivity contribution is 6.30. The van der Waals surface area contributed by atoms with Gasteiger partial charge >= 0.3 is 0 Å². The monoisotopic (exact) mass is 469 g/mol. The molecule has 170 valence electrons. The van der Waals surface area contributed by atoms with Crippen molar-refractivity contribution in [2.45, 2.75) is 12.5 Å². The first kappa shape index (κ1) is 22.1. The molecule has 0 aliphatic heterocycles.